The first-order valence-electron chi connectivity index (χ1n) is 8.64. The highest BCUT2D eigenvalue weighted by molar-refractivity contribution is 7.81. The molecule has 27 heavy (non-hydrogen) atoms. The normalized spacial score (nSPS) is 13.1. The van der Waals surface area contributed by atoms with Crippen LogP contribution in [0.25, 0.3) is 0 Å². The van der Waals surface area contributed by atoms with Crippen molar-refractivity contribution < 1.29 is 29.7 Å². The van der Waals surface area contributed by atoms with Gasteiger partial charge in [-0.2, -0.15) is 37.9 Å². The van der Waals surface area contributed by atoms with Crippen molar-refractivity contribution >= 4 is 55.8 Å². The summed E-state index contributed by atoms with van der Waals surface area (Å²) < 4.78 is 0. The SMILES string of the molecule is CC(S)CC(=O)O.CC(S)CC(=O)O.CC(S)CC(=O)O.CCC(C)(C)C. The second kappa shape index (κ2) is 20.2. The first-order chi connectivity index (χ1) is 11.9. The maximum atomic E-state index is 9.76. The van der Waals surface area contributed by atoms with Crippen LogP contribution in [0.2, 0.25) is 0 Å². The second-order valence-corrected chi connectivity index (χ2v) is 9.90. The fourth-order valence-electron chi connectivity index (χ4n) is 0.758. The van der Waals surface area contributed by atoms with Crippen LogP contribution < -0.4 is 0 Å². The molecular formula is C18H38O6S3. The molecule has 0 aromatic carbocycles. The van der Waals surface area contributed by atoms with E-state index in [1.54, 1.807) is 20.8 Å². The molecule has 0 aliphatic heterocycles. The first-order valence-corrected chi connectivity index (χ1v) is 10.2. The smallest absolute Gasteiger partial charge is 0.304 e. The van der Waals surface area contributed by atoms with Crippen molar-refractivity contribution in [3.05, 3.63) is 0 Å². The summed E-state index contributed by atoms with van der Waals surface area (Å²) in [4.78, 5) is 29.3. The average molecular weight is 447 g/mol. The van der Waals surface area contributed by atoms with Crippen LogP contribution in [0.5, 0.6) is 0 Å². The second-order valence-electron chi connectivity index (χ2n) is 7.25. The van der Waals surface area contributed by atoms with Crippen LogP contribution in [-0.2, 0) is 14.4 Å². The zero-order chi connectivity index (χ0) is 22.8. The molecule has 0 saturated heterocycles. The molecule has 0 aliphatic rings. The number of aliphatic carboxylic acids is 3. The molecule has 164 valence electrons. The molecule has 0 aromatic heterocycles. The Morgan fingerprint density at radius 3 is 0.852 bits per heavy atom. The fourth-order valence-corrected chi connectivity index (χ4v) is 1.23. The highest BCUT2D eigenvalue weighted by atomic mass is 32.1. The van der Waals surface area contributed by atoms with Crippen LogP contribution in [0.15, 0.2) is 0 Å². The van der Waals surface area contributed by atoms with Crippen molar-refractivity contribution in [3.8, 4) is 0 Å². The van der Waals surface area contributed by atoms with Gasteiger partial charge in [0.2, 0.25) is 0 Å². The summed E-state index contributed by atoms with van der Waals surface area (Å²) in [5.74, 6) is -2.37. The van der Waals surface area contributed by atoms with Crippen LogP contribution in [0.3, 0.4) is 0 Å². The predicted octanol–water partition coefficient (Wildman–Crippen LogP) is 4.78. The van der Waals surface area contributed by atoms with Gasteiger partial charge in [0.25, 0.3) is 0 Å². The first kappa shape index (κ1) is 34.0. The summed E-state index contributed by atoms with van der Waals surface area (Å²) in [6.07, 6.45) is 1.70. The van der Waals surface area contributed by atoms with Crippen molar-refractivity contribution in [3.63, 3.8) is 0 Å². The Morgan fingerprint density at radius 1 is 0.704 bits per heavy atom. The van der Waals surface area contributed by atoms with Gasteiger partial charge in [-0.25, -0.2) is 0 Å². The van der Waals surface area contributed by atoms with Gasteiger partial charge >= 0.3 is 17.9 Å². The molecule has 9 heteroatoms. The molecule has 3 N–H and O–H groups in total. The molecule has 6 nitrogen and oxygen atoms in total. The minimum atomic E-state index is -0.789. The Hall–Kier alpha value is -0.540. The molecule has 0 heterocycles. The van der Waals surface area contributed by atoms with Gasteiger partial charge in [-0.1, -0.05) is 54.9 Å². The van der Waals surface area contributed by atoms with Gasteiger partial charge in [-0.3, -0.25) is 14.4 Å². The van der Waals surface area contributed by atoms with E-state index in [0.717, 1.165) is 0 Å². The van der Waals surface area contributed by atoms with Crippen LogP contribution in [0, 0.1) is 5.41 Å². The number of hydrogen-bond acceptors (Lipinski definition) is 6. The van der Waals surface area contributed by atoms with E-state index >= 15 is 0 Å². The molecule has 0 rings (SSSR count). The number of hydrogen-bond donors (Lipinski definition) is 6. The van der Waals surface area contributed by atoms with Crippen molar-refractivity contribution in [1.29, 1.82) is 0 Å². The number of carboxylic acids is 3. The van der Waals surface area contributed by atoms with Crippen molar-refractivity contribution in [1.82, 2.24) is 0 Å². The minimum Gasteiger partial charge on any atom is -0.481 e. The maximum Gasteiger partial charge on any atom is 0.304 e. The molecule has 0 saturated carbocycles. The molecule has 0 bridgehead atoms. The summed E-state index contributed by atoms with van der Waals surface area (Å²) in [6.45, 7) is 14.2. The third-order valence-electron chi connectivity index (χ3n) is 2.47. The lowest BCUT2D eigenvalue weighted by atomic mass is 9.94. The van der Waals surface area contributed by atoms with Gasteiger partial charge in [0.1, 0.15) is 0 Å². The summed E-state index contributed by atoms with van der Waals surface area (Å²) in [6, 6.07) is 0. The average Bonchev–Trinajstić information content (AvgIpc) is 2.34. The van der Waals surface area contributed by atoms with Crippen LogP contribution in [0.4, 0.5) is 0 Å². The fraction of sp³-hybridized carbons (Fsp3) is 0.833. The van der Waals surface area contributed by atoms with Gasteiger partial charge in [0, 0.05) is 15.7 Å². The number of carbonyl (C=O) groups is 3. The number of rotatable bonds is 6. The molecule has 3 unspecified atom stereocenters. The molecule has 3 atom stereocenters. The number of thiol groups is 3. The van der Waals surface area contributed by atoms with E-state index in [9.17, 15) is 14.4 Å². The Kier molecular flexibility index (Phi) is 25.4. The Morgan fingerprint density at radius 2 is 0.852 bits per heavy atom. The summed E-state index contributed by atoms with van der Waals surface area (Å²) in [5, 5.41) is 24.0. The Bertz CT molecular complexity index is 343. The van der Waals surface area contributed by atoms with Gasteiger partial charge in [-0.15, -0.1) is 0 Å². The maximum absolute atomic E-state index is 9.76. The third-order valence-corrected chi connectivity index (χ3v) is 3.02. The summed E-state index contributed by atoms with van der Waals surface area (Å²) >= 11 is 11.6. The zero-order valence-electron chi connectivity index (χ0n) is 17.5. The van der Waals surface area contributed by atoms with Gasteiger partial charge in [-0.05, 0) is 5.41 Å². The van der Waals surface area contributed by atoms with Crippen LogP contribution >= 0.6 is 37.9 Å². The third kappa shape index (κ3) is 67.0. The Labute approximate surface area is 180 Å². The molecule has 0 amide bonds. The highest BCUT2D eigenvalue weighted by Gasteiger charge is 2.03. The summed E-state index contributed by atoms with van der Waals surface area (Å²) in [5.41, 5.74) is 0.542. The van der Waals surface area contributed by atoms with Crippen molar-refractivity contribution in [2.24, 2.45) is 5.41 Å². The van der Waals surface area contributed by atoms with E-state index in [2.05, 4.69) is 65.6 Å². The van der Waals surface area contributed by atoms with Crippen LogP contribution in [-0.4, -0.2) is 49.0 Å². The van der Waals surface area contributed by atoms with Crippen LogP contribution in [0.1, 0.15) is 74.1 Å². The monoisotopic (exact) mass is 446 g/mol. The topological polar surface area (TPSA) is 112 Å². The lowest BCUT2D eigenvalue weighted by Crippen LogP contribution is -2.01. The summed E-state index contributed by atoms with van der Waals surface area (Å²) in [7, 11) is 0. The lowest BCUT2D eigenvalue weighted by molar-refractivity contribution is -0.137. The van der Waals surface area contributed by atoms with E-state index in [-0.39, 0.29) is 35.0 Å². The van der Waals surface area contributed by atoms with E-state index < -0.39 is 17.9 Å². The predicted molar refractivity (Wildman–Crippen MR) is 122 cm³/mol. The van der Waals surface area contributed by atoms with E-state index in [1.807, 2.05) is 0 Å². The molecular weight excluding hydrogens is 408 g/mol. The highest BCUT2D eigenvalue weighted by Crippen LogP contribution is 2.16. The minimum absolute atomic E-state index is 0.0301. The van der Waals surface area contributed by atoms with E-state index in [0.29, 0.717) is 5.41 Å². The molecule has 0 fully saturated rings. The standard InChI is InChI=1S/C6H14.3C4H8O2S/c1-5-6(2,3)4;3*1-3(7)2-4(5)6/h5H2,1-4H3;3*3,7H,2H2,1H3,(H,5,6). The van der Waals surface area contributed by atoms with Gasteiger partial charge in [0.15, 0.2) is 0 Å². The van der Waals surface area contributed by atoms with Crippen molar-refractivity contribution in [2.45, 2.75) is 89.9 Å². The van der Waals surface area contributed by atoms with E-state index in [4.69, 9.17) is 15.3 Å². The van der Waals surface area contributed by atoms with E-state index in [1.165, 1.54) is 6.42 Å². The molecule has 0 radical (unpaired) electrons. The quantitative estimate of drug-likeness (QED) is 0.327. The van der Waals surface area contributed by atoms with Crippen molar-refractivity contribution in [2.75, 3.05) is 0 Å². The van der Waals surface area contributed by atoms with Gasteiger partial charge < -0.3 is 15.3 Å². The molecule has 0 aliphatic carbocycles. The van der Waals surface area contributed by atoms with Gasteiger partial charge in [0.05, 0.1) is 19.3 Å². The molecule has 0 spiro atoms. The Balaban J connectivity index is -0.000000131. The zero-order valence-corrected chi connectivity index (χ0v) is 20.2. The molecule has 0 aromatic rings. The largest absolute Gasteiger partial charge is 0.481 e. The lowest BCUT2D eigenvalue weighted by Gasteiger charge is -2.12. The number of carboxylic acid groups (broad SMARTS) is 3.